The minimum Gasteiger partial charge on any atom is -0.461 e. The number of hydrogen-bond acceptors (Lipinski definition) is 7. The molecule has 41 heavy (non-hydrogen) atoms. The summed E-state index contributed by atoms with van der Waals surface area (Å²) in [7, 11) is 0. The van der Waals surface area contributed by atoms with Gasteiger partial charge in [0.15, 0.2) is 5.69 Å². The quantitative estimate of drug-likeness (QED) is 0.234. The Morgan fingerprint density at radius 2 is 1.61 bits per heavy atom. The van der Waals surface area contributed by atoms with Crippen molar-refractivity contribution in [3.8, 4) is 0 Å². The first-order chi connectivity index (χ1) is 19.9. The Morgan fingerprint density at radius 3 is 2.27 bits per heavy atom. The number of esters is 1. The van der Waals surface area contributed by atoms with Crippen LogP contribution < -0.4 is 5.56 Å². The van der Waals surface area contributed by atoms with Crippen molar-refractivity contribution in [3.05, 3.63) is 40.3 Å². The van der Waals surface area contributed by atoms with Crippen molar-refractivity contribution < 1.29 is 14.4 Å². The maximum Gasteiger partial charge on any atom is 0.362 e. The zero-order chi connectivity index (χ0) is 28.5. The van der Waals surface area contributed by atoms with Crippen LogP contribution >= 0.6 is 0 Å². The van der Waals surface area contributed by atoms with E-state index < -0.39 is 5.97 Å². The maximum atomic E-state index is 14.3. The van der Waals surface area contributed by atoms with Gasteiger partial charge in [0.2, 0.25) is 5.71 Å². The van der Waals surface area contributed by atoms with E-state index in [0.717, 1.165) is 30.2 Å². The van der Waals surface area contributed by atoms with E-state index in [2.05, 4.69) is 15.0 Å². The van der Waals surface area contributed by atoms with Crippen molar-refractivity contribution in [2.45, 2.75) is 128 Å². The molecule has 2 aromatic rings. The predicted molar refractivity (Wildman–Crippen MR) is 160 cm³/mol. The van der Waals surface area contributed by atoms with E-state index in [4.69, 9.17) is 9.57 Å². The lowest BCUT2D eigenvalue weighted by Gasteiger charge is -2.54. The summed E-state index contributed by atoms with van der Waals surface area (Å²) in [6.45, 7) is 5.56. The molecule has 5 atom stereocenters. The molecule has 1 aromatic carbocycles. The highest BCUT2D eigenvalue weighted by Gasteiger charge is 2.45. The Bertz CT molecular complexity index is 1310. The zero-order valence-electron chi connectivity index (χ0n) is 25.0. The fourth-order valence-electron chi connectivity index (χ4n) is 8.51. The van der Waals surface area contributed by atoms with Gasteiger partial charge in [0.05, 0.1) is 17.6 Å². The van der Waals surface area contributed by atoms with Gasteiger partial charge in [0.25, 0.3) is 5.56 Å². The second kappa shape index (κ2) is 12.2. The molecular weight excluding hydrogens is 516 g/mol. The number of para-hydroxylation sites is 2. The lowest BCUT2D eigenvalue weighted by molar-refractivity contribution is -0.135. The van der Waals surface area contributed by atoms with Gasteiger partial charge >= 0.3 is 5.97 Å². The number of hydrogen-bond donors (Lipinski definition) is 0. The topological polar surface area (TPSA) is 86.0 Å². The number of ether oxygens (including phenoxy) is 1. The molecule has 2 saturated heterocycles. The third kappa shape index (κ3) is 5.81. The summed E-state index contributed by atoms with van der Waals surface area (Å²) in [6.07, 6.45) is 15.1. The minimum absolute atomic E-state index is 0.00625. The lowest BCUT2D eigenvalue weighted by Crippen LogP contribution is -2.58. The van der Waals surface area contributed by atoms with Gasteiger partial charge in [-0.2, -0.15) is 0 Å². The van der Waals surface area contributed by atoms with Gasteiger partial charge in [-0.25, -0.2) is 9.78 Å². The van der Waals surface area contributed by atoms with Crippen LogP contribution in [0.2, 0.25) is 0 Å². The Hall–Kier alpha value is -2.74. The number of carbonyl (C=O) groups is 1. The van der Waals surface area contributed by atoms with E-state index in [0.29, 0.717) is 23.6 Å². The molecule has 0 amide bonds. The van der Waals surface area contributed by atoms with Crippen LogP contribution in [-0.4, -0.2) is 57.0 Å². The van der Waals surface area contributed by atoms with E-state index >= 15 is 0 Å². The number of piperidine rings is 2. The molecule has 2 saturated carbocycles. The van der Waals surface area contributed by atoms with Crippen LogP contribution in [0, 0.1) is 11.8 Å². The third-order valence-corrected chi connectivity index (χ3v) is 9.99. The second-order valence-corrected chi connectivity index (χ2v) is 13.1. The number of oxime groups is 1. The van der Waals surface area contributed by atoms with Gasteiger partial charge in [-0.05, 0) is 89.7 Å². The zero-order valence-corrected chi connectivity index (χ0v) is 25.0. The van der Waals surface area contributed by atoms with Gasteiger partial charge in [-0.1, -0.05) is 49.4 Å². The summed E-state index contributed by atoms with van der Waals surface area (Å²) in [5, 5.41) is 4.09. The van der Waals surface area contributed by atoms with Gasteiger partial charge in [0.1, 0.15) is 6.10 Å². The third-order valence-electron chi connectivity index (χ3n) is 9.99. The Balaban J connectivity index is 1.36. The second-order valence-electron chi connectivity index (χ2n) is 13.1. The highest BCUT2D eigenvalue weighted by Crippen LogP contribution is 2.47. The molecule has 4 bridgehead atoms. The summed E-state index contributed by atoms with van der Waals surface area (Å²) >= 11 is 0. The fraction of sp³-hybridized carbons (Fsp3) is 0.697. The monoisotopic (exact) mass is 562 g/mol. The van der Waals surface area contributed by atoms with E-state index in [-0.39, 0.29) is 35.7 Å². The first kappa shape index (κ1) is 28.4. The molecule has 8 heteroatoms. The summed E-state index contributed by atoms with van der Waals surface area (Å²) in [4.78, 5) is 40.3. The molecule has 1 aromatic heterocycles. The van der Waals surface area contributed by atoms with E-state index in [1.807, 2.05) is 42.7 Å². The smallest absolute Gasteiger partial charge is 0.362 e. The van der Waals surface area contributed by atoms with Crippen LogP contribution in [0.3, 0.4) is 0 Å². The molecule has 0 radical (unpaired) electrons. The molecule has 6 rings (SSSR count). The first-order valence-corrected chi connectivity index (χ1v) is 16.1. The average molecular weight is 563 g/mol. The molecule has 2 aliphatic heterocycles. The van der Waals surface area contributed by atoms with Crippen molar-refractivity contribution in [1.82, 2.24) is 14.5 Å². The van der Waals surface area contributed by atoms with Crippen LogP contribution in [0.4, 0.5) is 0 Å². The van der Waals surface area contributed by atoms with Crippen molar-refractivity contribution >= 4 is 22.7 Å². The lowest BCUT2D eigenvalue weighted by atomic mass is 9.73. The molecule has 0 spiro atoms. The highest BCUT2D eigenvalue weighted by molar-refractivity contribution is 6.42. The summed E-state index contributed by atoms with van der Waals surface area (Å²) in [6, 6.07) is 9.46. The van der Waals surface area contributed by atoms with Crippen molar-refractivity contribution in [3.63, 3.8) is 0 Å². The Kier molecular flexibility index (Phi) is 8.47. The molecule has 3 unspecified atom stereocenters. The minimum atomic E-state index is -0.690. The summed E-state index contributed by atoms with van der Waals surface area (Å²) in [5.41, 5.74) is 1.05. The predicted octanol–water partition coefficient (Wildman–Crippen LogP) is 6.01. The summed E-state index contributed by atoms with van der Waals surface area (Å²) in [5.74, 6) is 1.09. The molecule has 8 nitrogen and oxygen atoms in total. The van der Waals surface area contributed by atoms with Gasteiger partial charge in [0, 0.05) is 24.2 Å². The van der Waals surface area contributed by atoms with Crippen LogP contribution in [0.1, 0.15) is 110 Å². The molecule has 2 aliphatic carbocycles. The largest absolute Gasteiger partial charge is 0.461 e. The average Bonchev–Trinajstić information content (AvgIpc) is 3.11. The van der Waals surface area contributed by atoms with Crippen LogP contribution in [0.25, 0.3) is 11.0 Å². The molecule has 4 fully saturated rings. The van der Waals surface area contributed by atoms with Crippen molar-refractivity contribution in [2.75, 3.05) is 6.61 Å². The highest BCUT2D eigenvalue weighted by atomic mass is 16.6. The number of benzene rings is 1. The van der Waals surface area contributed by atoms with E-state index in [1.54, 1.807) is 6.92 Å². The standard InChI is InChI=1S/C33H46N4O4/c1-4-40-33(39)31(35-41-21(2)3)30-32(38)37(29-15-8-7-14-28(29)34-30)27-19-24-12-9-13-25(20-27)36(24)26-17-22-10-5-6-11-23(16-22)18-26/h7-8,14-15,21-27H,4-6,9-13,16-20H2,1-3H3/b35-31-/t22?,23?,24-,25+,26?,27?. The molecule has 0 N–H and O–H groups in total. The van der Waals surface area contributed by atoms with Crippen molar-refractivity contribution in [2.24, 2.45) is 17.0 Å². The fourth-order valence-corrected chi connectivity index (χ4v) is 8.51. The SMILES string of the molecule is CCOC(=O)/C(=N\OC(C)C)c1nc2ccccc2n(C2C[C@H]3CCC[C@@H](C2)N3C2CC3CCCCC(C3)C2)c1=O. The van der Waals surface area contributed by atoms with E-state index in [9.17, 15) is 9.59 Å². The van der Waals surface area contributed by atoms with Crippen molar-refractivity contribution in [1.29, 1.82) is 0 Å². The number of nitrogens with zero attached hydrogens (tertiary/aromatic N) is 4. The number of fused-ring (bicyclic) bond motifs is 5. The van der Waals surface area contributed by atoms with Gasteiger partial charge in [-0.15, -0.1) is 0 Å². The molecule has 222 valence electrons. The maximum absolute atomic E-state index is 14.3. The molecule has 3 heterocycles. The van der Waals surface area contributed by atoms with Crippen LogP contribution in [0.15, 0.2) is 34.2 Å². The Labute approximate surface area is 243 Å². The first-order valence-electron chi connectivity index (χ1n) is 16.1. The number of aromatic nitrogens is 2. The van der Waals surface area contributed by atoms with Gasteiger partial charge < -0.3 is 14.1 Å². The summed E-state index contributed by atoms with van der Waals surface area (Å²) < 4.78 is 7.20. The van der Waals surface area contributed by atoms with Crippen LogP contribution in [-0.2, 0) is 14.4 Å². The molecule has 4 aliphatic rings. The Morgan fingerprint density at radius 1 is 0.927 bits per heavy atom. The van der Waals surface area contributed by atoms with Gasteiger partial charge in [-0.3, -0.25) is 9.69 Å². The van der Waals surface area contributed by atoms with Crippen LogP contribution in [0.5, 0.6) is 0 Å². The normalized spacial score (nSPS) is 30.7. The number of rotatable bonds is 7. The van der Waals surface area contributed by atoms with E-state index in [1.165, 1.54) is 64.2 Å². The molecular formula is C33H46N4O4. The number of carbonyl (C=O) groups excluding carboxylic acids is 1.